The first-order valence-electron chi connectivity index (χ1n) is 5.15. The first-order chi connectivity index (χ1) is 9.31. The minimum atomic E-state index is -0.0810. The minimum Gasteiger partial charge on any atom is -0.288 e. The molecule has 0 saturated heterocycles. The molecular formula is C13H4Br6O. The summed E-state index contributed by atoms with van der Waals surface area (Å²) in [7, 11) is 0. The van der Waals surface area contributed by atoms with Crippen LogP contribution < -0.4 is 0 Å². The SMILES string of the molecule is O=C(c1c(Br)cc(Br)cc1Br)c1c(Br)cc(Br)cc1Br. The molecule has 0 saturated carbocycles. The van der Waals surface area contributed by atoms with E-state index >= 15 is 0 Å². The predicted octanol–water partition coefficient (Wildman–Crippen LogP) is 7.49. The summed E-state index contributed by atoms with van der Waals surface area (Å²) in [5.41, 5.74) is 1.16. The van der Waals surface area contributed by atoms with Gasteiger partial charge >= 0.3 is 0 Å². The molecule has 20 heavy (non-hydrogen) atoms. The lowest BCUT2D eigenvalue weighted by molar-refractivity contribution is 0.103. The van der Waals surface area contributed by atoms with Crippen molar-refractivity contribution < 1.29 is 4.79 Å². The molecule has 0 aromatic heterocycles. The number of carbonyl (C=O) groups excluding carboxylic acids is 1. The van der Waals surface area contributed by atoms with Gasteiger partial charge in [-0.05, 0) is 88.0 Å². The van der Waals surface area contributed by atoms with Gasteiger partial charge in [0.1, 0.15) is 0 Å². The Morgan fingerprint density at radius 1 is 0.600 bits per heavy atom. The second kappa shape index (κ2) is 7.04. The van der Waals surface area contributed by atoms with E-state index < -0.39 is 0 Å². The summed E-state index contributed by atoms with van der Waals surface area (Å²) in [6.07, 6.45) is 0. The van der Waals surface area contributed by atoms with Crippen molar-refractivity contribution in [1.82, 2.24) is 0 Å². The van der Waals surface area contributed by atoms with Crippen LogP contribution in [0.5, 0.6) is 0 Å². The van der Waals surface area contributed by atoms with E-state index in [1.165, 1.54) is 0 Å². The number of benzene rings is 2. The molecule has 0 fully saturated rings. The number of carbonyl (C=O) groups is 1. The molecule has 2 aromatic rings. The molecule has 104 valence electrons. The third-order valence-electron chi connectivity index (χ3n) is 2.47. The Labute approximate surface area is 166 Å². The van der Waals surface area contributed by atoms with E-state index in [1.54, 1.807) is 0 Å². The van der Waals surface area contributed by atoms with Crippen molar-refractivity contribution >= 4 is 101 Å². The zero-order chi connectivity index (χ0) is 15.0. The first kappa shape index (κ1) is 17.3. The van der Waals surface area contributed by atoms with Crippen molar-refractivity contribution in [3.05, 3.63) is 62.2 Å². The van der Waals surface area contributed by atoms with Crippen LogP contribution in [-0.2, 0) is 0 Å². The predicted molar refractivity (Wildman–Crippen MR) is 103 cm³/mol. The van der Waals surface area contributed by atoms with Gasteiger partial charge in [0.15, 0.2) is 5.78 Å². The van der Waals surface area contributed by atoms with E-state index in [0.717, 1.165) is 26.8 Å². The lowest BCUT2D eigenvalue weighted by Gasteiger charge is -2.11. The minimum absolute atomic E-state index is 0.0810. The Morgan fingerprint density at radius 3 is 1.10 bits per heavy atom. The summed E-state index contributed by atoms with van der Waals surface area (Å²) >= 11 is 20.5. The van der Waals surface area contributed by atoms with Crippen molar-refractivity contribution in [2.75, 3.05) is 0 Å². The molecule has 7 heteroatoms. The Balaban J connectivity index is 2.64. The van der Waals surface area contributed by atoms with E-state index in [2.05, 4.69) is 95.6 Å². The molecule has 0 radical (unpaired) electrons. The molecule has 0 unspecified atom stereocenters. The van der Waals surface area contributed by atoms with Crippen LogP contribution in [-0.4, -0.2) is 5.78 Å². The quantitative estimate of drug-likeness (QED) is 0.307. The van der Waals surface area contributed by atoms with Gasteiger partial charge in [-0.25, -0.2) is 0 Å². The summed E-state index contributed by atoms with van der Waals surface area (Å²) in [4.78, 5) is 12.8. The van der Waals surface area contributed by atoms with Crippen molar-refractivity contribution in [2.45, 2.75) is 0 Å². The highest BCUT2D eigenvalue weighted by Crippen LogP contribution is 2.36. The number of rotatable bonds is 2. The van der Waals surface area contributed by atoms with Crippen molar-refractivity contribution in [2.24, 2.45) is 0 Å². The van der Waals surface area contributed by atoms with Crippen LogP contribution in [0.4, 0.5) is 0 Å². The topological polar surface area (TPSA) is 17.1 Å². The Morgan fingerprint density at radius 2 is 0.850 bits per heavy atom. The van der Waals surface area contributed by atoms with Crippen molar-refractivity contribution in [3.8, 4) is 0 Å². The van der Waals surface area contributed by atoms with Crippen LogP contribution in [0.15, 0.2) is 51.1 Å². The summed E-state index contributed by atoms with van der Waals surface area (Å²) < 4.78 is 4.69. The normalized spacial score (nSPS) is 10.7. The van der Waals surface area contributed by atoms with Gasteiger partial charge in [0.05, 0.1) is 11.1 Å². The fourth-order valence-electron chi connectivity index (χ4n) is 1.64. The zero-order valence-electron chi connectivity index (χ0n) is 9.49. The van der Waals surface area contributed by atoms with Gasteiger partial charge in [0.2, 0.25) is 0 Å². The second-order valence-electron chi connectivity index (χ2n) is 3.82. The molecule has 0 aliphatic heterocycles. The fraction of sp³-hybridized carbons (Fsp3) is 0. The summed E-state index contributed by atoms with van der Waals surface area (Å²) in [6.45, 7) is 0. The van der Waals surface area contributed by atoms with Gasteiger partial charge in [-0.15, -0.1) is 0 Å². The average Bonchev–Trinajstić information content (AvgIpc) is 2.25. The molecule has 0 aliphatic carbocycles. The summed E-state index contributed by atoms with van der Waals surface area (Å²) in [5.74, 6) is -0.0810. The van der Waals surface area contributed by atoms with E-state index in [0.29, 0.717) is 11.1 Å². The summed E-state index contributed by atoms with van der Waals surface area (Å²) in [5, 5.41) is 0. The van der Waals surface area contributed by atoms with Crippen LogP contribution in [0, 0.1) is 0 Å². The molecule has 2 aromatic carbocycles. The Hall–Kier alpha value is 0.990. The number of halogens is 6. The lowest BCUT2D eigenvalue weighted by atomic mass is 10.0. The van der Waals surface area contributed by atoms with Gasteiger partial charge in [0, 0.05) is 26.8 Å². The fourth-order valence-corrected chi connectivity index (χ4v) is 6.88. The molecule has 0 atom stereocenters. The largest absolute Gasteiger partial charge is 0.288 e. The van der Waals surface area contributed by atoms with Gasteiger partial charge in [-0.2, -0.15) is 0 Å². The van der Waals surface area contributed by atoms with Crippen LogP contribution >= 0.6 is 95.6 Å². The van der Waals surface area contributed by atoms with Gasteiger partial charge in [-0.3, -0.25) is 4.79 Å². The summed E-state index contributed by atoms with van der Waals surface area (Å²) in [6, 6.07) is 7.38. The van der Waals surface area contributed by atoms with Crippen LogP contribution in [0.3, 0.4) is 0 Å². The molecule has 0 amide bonds. The average molecular weight is 656 g/mol. The van der Waals surface area contributed by atoms with E-state index in [9.17, 15) is 4.79 Å². The van der Waals surface area contributed by atoms with Gasteiger partial charge in [0.25, 0.3) is 0 Å². The molecule has 0 bridgehead atoms. The number of hydrogen-bond acceptors (Lipinski definition) is 1. The van der Waals surface area contributed by atoms with Crippen molar-refractivity contribution in [3.63, 3.8) is 0 Å². The maximum absolute atomic E-state index is 12.8. The molecule has 2 rings (SSSR count). The highest BCUT2D eigenvalue weighted by atomic mass is 79.9. The monoisotopic (exact) mass is 650 g/mol. The highest BCUT2D eigenvalue weighted by Gasteiger charge is 2.22. The molecule has 0 spiro atoms. The highest BCUT2D eigenvalue weighted by molar-refractivity contribution is 9.12. The lowest BCUT2D eigenvalue weighted by Crippen LogP contribution is -2.06. The Kier molecular flexibility index (Phi) is 6.11. The number of hydrogen-bond donors (Lipinski definition) is 0. The van der Waals surface area contributed by atoms with E-state index in [1.807, 2.05) is 24.3 Å². The second-order valence-corrected chi connectivity index (χ2v) is 9.07. The van der Waals surface area contributed by atoms with Crippen LogP contribution in [0.1, 0.15) is 15.9 Å². The van der Waals surface area contributed by atoms with Crippen LogP contribution in [0.25, 0.3) is 0 Å². The molecule has 0 aliphatic rings. The maximum Gasteiger partial charge on any atom is 0.197 e. The third-order valence-corrected chi connectivity index (χ3v) is 5.89. The number of ketones is 1. The standard InChI is InChI=1S/C13H4Br6O/c14-5-1-7(16)11(8(17)2-5)13(20)12-9(18)3-6(15)4-10(12)19/h1-4H. The third kappa shape index (κ3) is 3.66. The molecule has 1 nitrogen and oxygen atoms in total. The van der Waals surface area contributed by atoms with E-state index in [4.69, 9.17) is 0 Å². The molecule has 0 heterocycles. The smallest absolute Gasteiger partial charge is 0.197 e. The van der Waals surface area contributed by atoms with Crippen LogP contribution in [0.2, 0.25) is 0 Å². The first-order valence-corrected chi connectivity index (χ1v) is 9.91. The van der Waals surface area contributed by atoms with Gasteiger partial charge in [-0.1, -0.05) is 31.9 Å². The Bertz CT molecular complexity index is 604. The maximum atomic E-state index is 12.8. The zero-order valence-corrected chi connectivity index (χ0v) is 19.0. The van der Waals surface area contributed by atoms with Gasteiger partial charge < -0.3 is 0 Å². The molecular weight excluding hydrogens is 652 g/mol. The van der Waals surface area contributed by atoms with E-state index in [-0.39, 0.29) is 5.78 Å². The van der Waals surface area contributed by atoms with Crippen molar-refractivity contribution in [1.29, 1.82) is 0 Å². The molecule has 0 N–H and O–H groups in total.